The summed E-state index contributed by atoms with van der Waals surface area (Å²) in [5, 5.41) is 29.7. The number of hydrogen-bond donors (Lipinski definition) is 2. The van der Waals surface area contributed by atoms with E-state index in [1.807, 2.05) is 26.0 Å². The Balaban J connectivity index is 2.95. The zero-order valence-corrected chi connectivity index (χ0v) is 10.8. The minimum atomic E-state index is -0.934. The molecule has 1 rings (SSSR count). The third-order valence-electron chi connectivity index (χ3n) is 2.61. The van der Waals surface area contributed by atoms with Crippen LogP contribution in [0, 0.1) is 28.6 Å². The summed E-state index contributed by atoms with van der Waals surface area (Å²) in [6.07, 6.45) is 0.483. The fraction of sp³-hybridized carbons (Fsp3) is 0.357. The Hall–Kier alpha value is -2.53. The van der Waals surface area contributed by atoms with Gasteiger partial charge in [0.1, 0.15) is 18.2 Å². The van der Waals surface area contributed by atoms with Crippen LogP contribution in [0.25, 0.3) is 0 Å². The molecule has 0 aliphatic heterocycles. The molecule has 0 fully saturated rings. The van der Waals surface area contributed by atoms with Gasteiger partial charge >= 0.3 is 5.97 Å². The standard InChI is InChI=1S/C14H15N3O2/c1-9(2)5-13(14(18)19)17-12-4-3-10(7-15)11(6-12)8-16/h3-4,6,9,13,17H,5H2,1-2H3,(H,18,19)/t13-/m0/s1. The fourth-order valence-corrected chi connectivity index (χ4v) is 1.72. The first kappa shape index (κ1) is 14.5. The summed E-state index contributed by atoms with van der Waals surface area (Å²) in [7, 11) is 0. The molecule has 1 aromatic carbocycles. The first-order valence-electron chi connectivity index (χ1n) is 5.91. The number of nitrogens with zero attached hydrogens (tertiary/aromatic N) is 2. The smallest absolute Gasteiger partial charge is 0.326 e. The Labute approximate surface area is 112 Å². The number of carboxylic acids is 1. The van der Waals surface area contributed by atoms with E-state index in [1.54, 1.807) is 6.07 Å². The van der Waals surface area contributed by atoms with E-state index in [1.165, 1.54) is 12.1 Å². The minimum absolute atomic E-state index is 0.237. The van der Waals surface area contributed by atoms with E-state index in [2.05, 4.69) is 5.32 Å². The lowest BCUT2D eigenvalue weighted by Gasteiger charge is -2.17. The number of rotatable bonds is 5. The van der Waals surface area contributed by atoms with E-state index in [0.717, 1.165) is 0 Å². The minimum Gasteiger partial charge on any atom is -0.480 e. The van der Waals surface area contributed by atoms with Gasteiger partial charge in [0.05, 0.1) is 11.1 Å². The summed E-state index contributed by atoms with van der Waals surface area (Å²) in [5.41, 5.74) is 1.05. The summed E-state index contributed by atoms with van der Waals surface area (Å²) in [6.45, 7) is 3.88. The number of nitriles is 2. The summed E-state index contributed by atoms with van der Waals surface area (Å²) in [5.74, 6) is -0.695. The Morgan fingerprint density at radius 1 is 1.32 bits per heavy atom. The van der Waals surface area contributed by atoms with E-state index < -0.39 is 12.0 Å². The molecule has 19 heavy (non-hydrogen) atoms. The molecule has 0 aromatic heterocycles. The molecule has 0 saturated carbocycles. The highest BCUT2D eigenvalue weighted by atomic mass is 16.4. The zero-order chi connectivity index (χ0) is 14.4. The van der Waals surface area contributed by atoms with Crippen molar-refractivity contribution in [2.75, 3.05) is 5.32 Å². The summed E-state index contributed by atoms with van der Waals surface area (Å²) in [6, 6.07) is 7.74. The number of aliphatic carboxylic acids is 1. The van der Waals surface area contributed by atoms with Crippen LogP contribution < -0.4 is 5.32 Å². The molecular formula is C14H15N3O2. The van der Waals surface area contributed by atoms with Gasteiger partial charge in [-0.15, -0.1) is 0 Å². The molecule has 5 heteroatoms. The zero-order valence-electron chi connectivity index (χ0n) is 10.8. The van der Waals surface area contributed by atoms with Crippen LogP contribution in [0.15, 0.2) is 18.2 Å². The maximum absolute atomic E-state index is 11.1. The van der Waals surface area contributed by atoms with Gasteiger partial charge in [0.25, 0.3) is 0 Å². The monoisotopic (exact) mass is 257 g/mol. The molecule has 0 aliphatic rings. The van der Waals surface area contributed by atoms with Crippen molar-refractivity contribution in [3.63, 3.8) is 0 Å². The first-order valence-corrected chi connectivity index (χ1v) is 5.91. The van der Waals surface area contributed by atoms with Gasteiger partial charge < -0.3 is 10.4 Å². The van der Waals surface area contributed by atoms with Crippen LogP contribution in [-0.4, -0.2) is 17.1 Å². The van der Waals surface area contributed by atoms with Crippen LogP contribution in [0.2, 0.25) is 0 Å². The van der Waals surface area contributed by atoms with Crippen molar-refractivity contribution >= 4 is 11.7 Å². The molecule has 0 aliphatic carbocycles. The second-order valence-electron chi connectivity index (χ2n) is 4.65. The molecule has 0 saturated heterocycles. The van der Waals surface area contributed by atoms with Gasteiger partial charge in [0.2, 0.25) is 0 Å². The summed E-state index contributed by atoms with van der Waals surface area (Å²) >= 11 is 0. The van der Waals surface area contributed by atoms with E-state index in [4.69, 9.17) is 15.6 Å². The average molecular weight is 257 g/mol. The molecule has 1 aromatic rings. The van der Waals surface area contributed by atoms with Gasteiger partial charge in [0, 0.05) is 5.69 Å². The maximum Gasteiger partial charge on any atom is 0.326 e. The maximum atomic E-state index is 11.1. The van der Waals surface area contributed by atoms with Crippen molar-refractivity contribution in [1.82, 2.24) is 0 Å². The number of nitrogens with one attached hydrogen (secondary N) is 1. The number of benzene rings is 1. The van der Waals surface area contributed by atoms with Crippen LogP contribution in [0.1, 0.15) is 31.4 Å². The normalized spacial score (nSPS) is 11.4. The Morgan fingerprint density at radius 3 is 2.42 bits per heavy atom. The lowest BCUT2D eigenvalue weighted by molar-refractivity contribution is -0.138. The van der Waals surface area contributed by atoms with Crippen LogP contribution in [0.4, 0.5) is 5.69 Å². The second-order valence-corrected chi connectivity index (χ2v) is 4.65. The number of carbonyl (C=O) groups is 1. The number of hydrogen-bond acceptors (Lipinski definition) is 4. The fourth-order valence-electron chi connectivity index (χ4n) is 1.72. The molecule has 0 spiro atoms. The predicted molar refractivity (Wildman–Crippen MR) is 70.4 cm³/mol. The van der Waals surface area contributed by atoms with Gasteiger partial charge in [-0.1, -0.05) is 13.8 Å². The molecule has 1 atom stereocenters. The molecule has 0 unspecified atom stereocenters. The van der Waals surface area contributed by atoms with Crippen molar-refractivity contribution < 1.29 is 9.90 Å². The topological polar surface area (TPSA) is 96.9 Å². The van der Waals surface area contributed by atoms with Gasteiger partial charge in [-0.25, -0.2) is 4.79 Å². The first-order chi connectivity index (χ1) is 8.97. The molecule has 0 amide bonds. The SMILES string of the molecule is CC(C)C[C@H](Nc1ccc(C#N)c(C#N)c1)C(=O)O. The van der Waals surface area contributed by atoms with Gasteiger partial charge in [0.15, 0.2) is 0 Å². The highest BCUT2D eigenvalue weighted by Crippen LogP contribution is 2.17. The third-order valence-corrected chi connectivity index (χ3v) is 2.61. The highest BCUT2D eigenvalue weighted by Gasteiger charge is 2.18. The van der Waals surface area contributed by atoms with Crippen LogP contribution in [-0.2, 0) is 4.79 Å². The molecular weight excluding hydrogens is 242 g/mol. The summed E-state index contributed by atoms with van der Waals surface area (Å²) in [4.78, 5) is 11.1. The van der Waals surface area contributed by atoms with Crippen molar-refractivity contribution in [3.8, 4) is 12.1 Å². The quantitative estimate of drug-likeness (QED) is 0.843. The van der Waals surface area contributed by atoms with Crippen LogP contribution in [0.5, 0.6) is 0 Å². The largest absolute Gasteiger partial charge is 0.480 e. The summed E-state index contributed by atoms with van der Waals surface area (Å²) < 4.78 is 0. The molecule has 0 bridgehead atoms. The highest BCUT2D eigenvalue weighted by molar-refractivity contribution is 5.77. The van der Waals surface area contributed by atoms with Crippen molar-refractivity contribution in [2.45, 2.75) is 26.3 Å². The van der Waals surface area contributed by atoms with Gasteiger partial charge in [-0.05, 0) is 30.5 Å². The van der Waals surface area contributed by atoms with Gasteiger partial charge in [-0.3, -0.25) is 0 Å². The molecule has 98 valence electrons. The molecule has 0 heterocycles. The number of carboxylic acid groups (broad SMARTS) is 1. The third kappa shape index (κ3) is 4.01. The van der Waals surface area contributed by atoms with Crippen molar-refractivity contribution in [2.24, 2.45) is 5.92 Å². The Morgan fingerprint density at radius 2 is 1.95 bits per heavy atom. The van der Waals surface area contributed by atoms with Crippen molar-refractivity contribution in [1.29, 1.82) is 10.5 Å². The van der Waals surface area contributed by atoms with Crippen molar-refractivity contribution in [3.05, 3.63) is 29.3 Å². The molecule has 5 nitrogen and oxygen atoms in total. The van der Waals surface area contributed by atoms with E-state index in [9.17, 15) is 4.79 Å². The lowest BCUT2D eigenvalue weighted by Crippen LogP contribution is -2.30. The van der Waals surface area contributed by atoms with E-state index in [-0.39, 0.29) is 17.0 Å². The van der Waals surface area contributed by atoms with Crippen LogP contribution >= 0.6 is 0 Å². The van der Waals surface area contributed by atoms with Crippen LogP contribution in [0.3, 0.4) is 0 Å². The molecule has 0 radical (unpaired) electrons. The lowest BCUT2D eigenvalue weighted by atomic mass is 10.0. The predicted octanol–water partition coefficient (Wildman–Crippen LogP) is 2.34. The second kappa shape index (κ2) is 6.42. The molecule has 2 N–H and O–H groups in total. The van der Waals surface area contributed by atoms with E-state index >= 15 is 0 Å². The average Bonchev–Trinajstić information content (AvgIpc) is 2.37. The Kier molecular flexibility index (Phi) is 4.91. The van der Waals surface area contributed by atoms with Gasteiger partial charge in [-0.2, -0.15) is 10.5 Å². The van der Waals surface area contributed by atoms with E-state index in [0.29, 0.717) is 12.1 Å². The Bertz CT molecular complexity index is 553. The number of anilines is 1.